The molecule has 2 heterocycles. The zero-order chi connectivity index (χ0) is 18.1. The molecule has 0 saturated carbocycles. The second-order valence-corrected chi connectivity index (χ2v) is 7.67. The molecule has 1 atom stereocenters. The van der Waals surface area contributed by atoms with Gasteiger partial charge in [-0.05, 0) is 42.7 Å². The lowest BCUT2D eigenvalue weighted by atomic mass is 10.0. The van der Waals surface area contributed by atoms with E-state index in [1.165, 1.54) is 5.56 Å². The molecule has 1 unspecified atom stereocenters. The number of halogens is 1. The van der Waals surface area contributed by atoms with E-state index in [4.69, 9.17) is 0 Å². The van der Waals surface area contributed by atoms with E-state index in [9.17, 15) is 4.79 Å². The van der Waals surface area contributed by atoms with Crippen molar-refractivity contribution >= 4 is 32.9 Å². The van der Waals surface area contributed by atoms with Crippen LogP contribution in [-0.4, -0.2) is 26.9 Å². The first-order valence-electron chi connectivity index (χ1n) is 9.16. The minimum Gasteiger partial charge on any atom is -0.334 e. The highest BCUT2D eigenvalue weighted by atomic mass is 79.9. The number of rotatable bonds is 4. The summed E-state index contributed by atoms with van der Waals surface area (Å²) < 4.78 is 3.14. The molecular weight excluding hydrogens is 390 g/mol. The van der Waals surface area contributed by atoms with Crippen molar-refractivity contribution in [2.24, 2.45) is 0 Å². The molecular formula is C21H22BrN3O. The Kier molecular flexibility index (Phi) is 4.81. The van der Waals surface area contributed by atoms with Gasteiger partial charge in [-0.15, -0.1) is 0 Å². The molecule has 1 amide bonds. The topological polar surface area (TPSA) is 38.1 Å². The summed E-state index contributed by atoms with van der Waals surface area (Å²) in [6.45, 7) is 3.27. The van der Waals surface area contributed by atoms with Crippen molar-refractivity contribution in [2.45, 2.75) is 38.8 Å². The Hall–Kier alpha value is -2.14. The molecule has 2 aromatic carbocycles. The van der Waals surface area contributed by atoms with Crippen LogP contribution < -0.4 is 0 Å². The van der Waals surface area contributed by atoms with Crippen molar-refractivity contribution in [3.8, 4) is 0 Å². The maximum Gasteiger partial charge on any atom is 0.243 e. The van der Waals surface area contributed by atoms with Crippen LogP contribution in [0.1, 0.15) is 37.2 Å². The number of carbonyl (C=O) groups excluding carboxylic acids is 1. The van der Waals surface area contributed by atoms with E-state index in [0.29, 0.717) is 6.54 Å². The fraction of sp³-hybridized carbons (Fsp3) is 0.333. The van der Waals surface area contributed by atoms with E-state index in [-0.39, 0.29) is 11.9 Å². The maximum atomic E-state index is 13.1. The molecule has 134 valence electrons. The summed E-state index contributed by atoms with van der Waals surface area (Å²) in [5.74, 6) is 1.15. The molecule has 0 radical (unpaired) electrons. The summed E-state index contributed by atoms with van der Waals surface area (Å²) in [7, 11) is 0. The van der Waals surface area contributed by atoms with Crippen molar-refractivity contribution in [3.05, 3.63) is 64.4 Å². The monoisotopic (exact) mass is 411 g/mol. The molecule has 1 fully saturated rings. The third-order valence-corrected chi connectivity index (χ3v) is 5.70. The van der Waals surface area contributed by atoms with Crippen molar-refractivity contribution in [2.75, 3.05) is 6.54 Å². The SMILES string of the molecule is CCc1nc2ccccc2n1CC(=O)N1CCCC1c1ccc(Br)cc1. The molecule has 3 aromatic rings. The molecule has 1 aromatic heterocycles. The molecule has 0 N–H and O–H groups in total. The van der Waals surface area contributed by atoms with Gasteiger partial charge in [0.1, 0.15) is 12.4 Å². The number of benzene rings is 2. The maximum absolute atomic E-state index is 13.1. The Balaban J connectivity index is 1.61. The van der Waals surface area contributed by atoms with Crippen molar-refractivity contribution in [1.82, 2.24) is 14.5 Å². The van der Waals surface area contributed by atoms with Gasteiger partial charge in [-0.3, -0.25) is 4.79 Å². The normalized spacial score (nSPS) is 17.2. The zero-order valence-electron chi connectivity index (χ0n) is 14.9. The number of nitrogens with zero attached hydrogens (tertiary/aromatic N) is 3. The summed E-state index contributed by atoms with van der Waals surface area (Å²) in [6.07, 6.45) is 2.90. The van der Waals surface area contributed by atoms with Gasteiger partial charge in [-0.25, -0.2) is 4.98 Å². The molecule has 26 heavy (non-hydrogen) atoms. The van der Waals surface area contributed by atoms with E-state index in [2.05, 4.69) is 56.7 Å². The fourth-order valence-electron chi connectivity index (χ4n) is 3.89. The number of hydrogen-bond acceptors (Lipinski definition) is 2. The Morgan fingerprint density at radius 2 is 1.96 bits per heavy atom. The van der Waals surface area contributed by atoms with Gasteiger partial charge in [0.2, 0.25) is 5.91 Å². The lowest BCUT2D eigenvalue weighted by Crippen LogP contribution is -2.33. The van der Waals surface area contributed by atoms with Crippen LogP contribution in [-0.2, 0) is 17.8 Å². The lowest BCUT2D eigenvalue weighted by Gasteiger charge is -2.26. The van der Waals surface area contributed by atoms with Crippen molar-refractivity contribution in [1.29, 1.82) is 0 Å². The largest absolute Gasteiger partial charge is 0.334 e. The molecule has 1 saturated heterocycles. The van der Waals surface area contributed by atoms with Crippen LogP contribution in [0.2, 0.25) is 0 Å². The highest BCUT2D eigenvalue weighted by molar-refractivity contribution is 9.10. The summed E-state index contributed by atoms with van der Waals surface area (Å²) in [4.78, 5) is 19.9. The third kappa shape index (κ3) is 3.16. The van der Waals surface area contributed by atoms with Crippen LogP contribution in [0, 0.1) is 0 Å². The van der Waals surface area contributed by atoms with Crippen molar-refractivity contribution < 1.29 is 4.79 Å². The molecule has 1 aliphatic heterocycles. The number of hydrogen-bond donors (Lipinski definition) is 0. The van der Waals surface area contributed by atoms with Gasteiger partial charge in [0.15, 0.2) is 0 Å². The molecule has 0 bridgehead atoms. The fourth-order valence-corrected chi connectivity index (χ4v) is 4.16. The first-order chi connectivity index (χ1) is 12.7. The van der Waals surface area contributed by atoms with E-state index in [1.54, 1.807) is 0 Å². The molecule has 0 spiro atoms. The van der Waals surface area contributed by atoms with Gasteiger partial charge in [-0.1, -0.05) is 47.1 Å². The molecule has 4 nitrogen and oxygen atoms in total. The number of fused-ring (bicyclic) bond motifs is 1. The van der Waals surface area contributed by atoms with Crippen LogP contribution >= 0.6 is 15.9 Å². The molecule has 4 rings (SSSR count). The van der Waals surface area contributed by atoms with Gasteiger partial charge >= 0.3 is 0 Å². The number of imidazole rings is 1. The quantitative estimate of drug-likeness (QED) is 0.622. The van der Waals surface area contributed by atoms with Crippen LogP contribution in [0.3, 0.4) is 0 Å². The smallest absolute Gasteiger partial charge is 0.243 e. The predicted molar refractivity (Wildman–Crippen MR) is 107 cm³/mol. The number of carbonyl (C=O) groups is 1. The first kappa shape index (κ1) is 17.3. The van der Waals surface area contributed by atoms with E-state index in [0.717, 1.165) is 47.1 Å². The molecule has 1 aliphatic rings. The van der Waals surface area contributed by atoms with Gasteiger partial charge in [0.25, 0.3) is 0 Å². The average Bonchev–Trinajstić information content (AvgIpc) is 3.27. The van der Waals surface area contributed by atoms with E-state index >= 15 is 0 Å². The zero-order valence-corrected chi connectivity index (χ0v) is 16.4. The second-order valence-electron chi connectivity index (χ2n) is 6.75. The first-order valence-corrected chi connectivity index (χ1v) is 9.95. The number of amides is 1. The van der Waals surface area contributed by atoms with Gasteiger partial charge in [-0.2, -0.15) is 0 Å². The Morgan fingerprint density at radius 3 is 2.73 bits per heavy atom. The predicted octanol–water partition coefficient (Wildman–Crippen LogP) is 4.72. The minimum absolute atomic E-state index is 0.174. The van der Waals surface area contributed by atoms with Crippen LogP contribution in [0.5, 0.6) is 0 Å². The van der Waals surface area contributed by atoms with Crippen molar-refractivity contribution in [3.63, 3.8) is 0 Å². The van der Waals surface area contributed by atoms with Crippen LogP contribution in [0.15, 0.2) is 53.0 Å². The van der Waals surface area contributed by atoms with Crippen LogP contribution in [0.25, 0.3) is 11.0 Å². The number of likely N-dealkylation sites (tertiary alicyclic amines) is 1. The number of para-hydroxylation sites is 2. The van der Waals surface area contributed by atoms with Gasteiger partial charge in [0.05, 0.1) is 17.1 Å². The highest BCUT2D eigenvalue weighted by Gasteiger charge is 2.30. The third-order valence-electron chi connectivity index (χ3n) is 5.17. The summed E-state index contributed by atoms with van der Waals surface area (Å²) in [5, 5.41) is 0. The molecule has 0 aliphatic carbocycles. The Labute approximate surface area is 162 Å². The number of aromatic nitrogens is 2. The van der Waals surface area contributed by atoms with Gasteiger partial charge in [0, 0.05) is 17.4 Å². The summed E-state index contributed by atoms with van der Waals surface area (Å²) >= 11 is 3.49. The Morgan fingerprint density at radius 1 is 1.19 bits per heavy atom. The Bertz CT molecular complexity index is 932. The summed E-state index contributed by atoms with van der Waals surface area (Å²) in [5.41, 5.74) is 3.21. The molecule has 5 heteroatoms. The minimum atomic E-state index is 0.174. The van der Waals surface area contributed by atoms with E-state index < -0.39 is 0 Å². The second kappa shape index (κ2) is 7.23. The highest BCUT2D eigenvalue weighted by Crippen LogP contribution is 2.33. The summed E-state index contributed by atoms with van der Waals surface area (Å²) in [6, 6.07) is 16.6. The number of aryl methyl sites for hydroxylation is 1. The van der Waals surface area contributed by atoms with Gasteiger partial charge < -0.3 is 9.47 Å². The standard InChI is InChI=1S/C21H22BrN3O/c1-2-20-23-17-6-3-4-7-19(17)25(20)14-21(26)24-13-5-8-18(24)15-9-11-16(22)12-10-15/h3-4,6-7,9-12,18H,2,5,8,13-14H2,1H3. The van der Waals surface area contributed by atoms with E-state index in [1.807, 2.05) is 29.2 Å². The van der Waals surface area contributed by atoms with Crippen LogP contribution in [0.4, 0.5) is 0 Å². The lowest BCUT2D eigenvalue weighted by molar-refractivity contribution is -0.132. The average molecular weight is 412 g/mol.